The Kier molecular flexibility index (Phi) is 4.94. The zero-order valence-corrected chi connectivity index (χ0v) is 17.2. The first kappa shape index (κ1) is 17.9. The molecule has 0 bridgehead atoms. The summed E-state index contributed by atoms with van der Waals surface area (Å²) in [5, 5.41) is 7.47. The molecule has 0 atom stereocenters. The van der Waals surface area contributed by atoms with E-state index in [2.05, 4.69) is 22.8 Å². The number of anilines is 1. The number of carbonyl (C=O) groups excluding carboxylic acids is 1. The van der Waals surface area contributed by atoms with Crippen LogP contribution in [0.15, 0.2) is 35.2 Å². The van der Waals surface area contributed by atoms with E-state index in [4.69, 9.17) is 9.97 Å². The summed E-state index contributed by atoms with van der Waals surface area (Å²) in [5.41, 5.74) is 1.38. The highest BCUT2D eigenvalue weighted by Crippen LogP contribution is 2.40. The van der Waals surface area contributed by atoms with E-state index in [9.17, 15) is 4.79 Å². The summed E-state index contributed by atoms with van der Waals surface area (Å²) in [6.45, 7) is 0.262. The maximum absolute atomic E-state index is 12.2. The van der Waals surface area contributed by atoms with Crippen molar-refractivity contribution in [3.8, 4) is 0 Å². The number of thiophene rings is 1. The molecule has 2 heterocycles. The summed E-state index contributed by atoms with van der Waals surface area (Å²) in [6.07, 6.45) is 5.61. The van der Waals surface area contributed by atoms with E-state index in [-0.39, 0.29) is 12.5 Å². The SMILES string of the molecule is O=C(CNc1nc(CSc2ccccc2)nc2sc3c(c12)CCC3)NC1CC1. The van der Waals surface area contributed by atoms with Gasteiger partial charge in [0.05, 0.1) is 17.7 Å². The van der Waals surface area contributed by atoms with E-state index in [1.807, 2.05) is 18.2 Å². The van der Waals surface area contributed by atoms with E-state index in [1.54, 1.807) is 23.1 Å². The number of amides is 1. The molecule has 2 aromatic heterocycles. The number of carbonyl (C=O) groups is 1. The third-order valence-corrected chi connectivity index (χ3v) is 7.27. The van der Waals surface area contributed by atoms with Gasteiger partial charge in [-0.05, 0) is 49.8 Å². The van der Waals surface area contributed by atoms with Crippen molar-refractivity contribution in [2.45, 2.75) is 48.8 Å². The minimum atomic E-state index is 0.0429. The average Bonchev–Trinajstić information content (AvgIpc) is 3.28. The molecule has 7 heteroatoms. The van der Waals surface area contributed by atoms with E-state index in [0.29, 0.717) is 11.8 Å². The Bertz CT molecular complexity index is 1010. The zero-order valence-electron chi connectivity index (χ0n) is 15.5. The van der Waals surface area contributed by atoms with Crippen molar-refractivity contribution in [1.29, 1.82) is 0 Å². The third-order valence-electron chi connectivity index (χ3n) is 5.08. The maximum Gasteiger partial charge on any atom is 0.239 e. The first-order valence-electron chi connectivity index (χ1n) is 9.78. The van der Waals surface area contributed by atoms with Gasteiger partial charge in [-0.25, -0.2) is 9.97 Å². The largest absolute Gasteiger partial charge is 0.360 e. The smallest absolute Gasteiger partial charge is 0.239 e. The molecule has 1 saturated carbocycles. The molecule has 1 amide bonds. The quantitative estimate of drug-likeness (QED) is 0.573. The van der Waals surface area contributed by atoms with Crippen LogP contribution in [0.5, 0.6) is 0 Å². The molecule has 1 fully saturated rings. The van der Waals surface area contributed by atoms with E-state index in [0.717, 1.165) is 47.5 Å². The highest BCUT2D eigenvalue weighted by molar-refractivity contribution is 7.98. The molecule has 2 aliphatic carbocycles. The number of benzene rings is 1. The number of nitrogens with one attached hydrogen (secondary N) is 2. The van der Waals surface area contributed by atoms with E-state index >= 15 is 0 Å². The second-order valence-corrected chi connectivity index (χ2v) is 9.46. The summed E-state index contributed by atoms with van der Waals surface area (Å²) in [7, 11) is 0. The van der Waals surface area contributed by atoms with Gasteiger partial charge >= 0.3 is 0 Å². The molecule has 1 aromatic carbocycles. The Labute approximate surface area is 172 Å². The lowest BCUT2D eigenvalue weighted by Crippen LogP contribution is -2.31. The predicted molar refractivity (Wildman–Crippen MR) is 115 cm³/mol. The summed E-state index contributed by atoms with van der Waals surface area (Å²) in [4.78, 5) is 25.5. The summed E-state index contributed by atoms with van der Waals surface area (Å²) in [6, 6.07) is 10.7. The van der Waals surface area contributed by atoms with Crippen molar-refractivity contribution >= 4 is 45.0 Å². The van der Waals surface area contributed by atoms with Crippen molar-refractivity contribution in [2.24, 2.45) is 0 Å². The first-order valence-corrected chi connectivity index (χ1v) is 11.6. The van der Waals surface area contributed by atoms with Gasteiger partial charge in [-0.2, -0.15) is 0 Å². The number of thioether (sulfide) groups is 1. The van der Waals surface area contributed by atoms with Crippen LogP contribution in [-0.4, -0.2) is 28.5 Å². The lowest BCUT2D eigenvalue weighted by atomic mass is 10.2. The fourth-order valence-corrected chi connectivity index (χ4v) is 5.62. The Balaban J connectivity index is 1.40. The van der Waals surface area contributed by atoms with Crippen LogP contribution >= 0.6 is 23.1 Å². The minimum Gasteiger partial charge on any atom is -0.360 e. The van der Waals surface area contributed by atoms with Gasteiger partial charge in [0, 0.05) is 15.8 Å². The molecule has 0 saturated heterocycles. The molecule has 0 radical (unpaired) electrons. The van der Waals surface area contributed by atoms with E-state index in [1.165, 1.54) is 21.8 Å². The van der Waals surface area contributed by atoms with Crippen molar-refractivity contribution < 1.29 is 4.79 Å². The number of nitrogens with zero attached hydrogens (tertiary/aromatic N) is 2. The number of aryl methyl sites for hydroxylation is 2. The first-order chi connectivity index (χ1) is 13.8. The Morgan fingerprint density at radius 1 is 1.18 bits per heavy atom. The molecule has 2 aliphatic rings. The zero-order chi connectivity index (χ0) is 18.9. The fourth-order valence-electron chi connectivity index (χ4n) is 3.57. The van der Waals surface area contributed by atoms with Crippen molar-refractivity contribution in [3.63, 3.8) is 0 Å². The van der Waals surface area contributed by atoms with Gasteiger partial charge in [-0.3, -0.25) is 4.79 Å². The van der Waals surface area contributed by atoms with Crippen LogP contribution in [-0.2, 0) is 23.4 Å². The lowest BCUT2D eigenvalue weighted by molar-refractivity contribution is -0.119. The molecule has 144 valence electrons. The molecule has 28 heavy (non-hydrogen) atoms. The third kappa shape index (κ3) is 3.86. The van der Waals surface area contributed by atoms with E-state index < -0.39 is 0 Å². The number of aromatic nitrogens is 2. The summed E-state index contributed by atoms with van der Waals surface area (Å²) < 4.78 is 0. The molecule has 5 rings (SSSR count). The average molecular weight is 411 g/mol. The minimum absolute atomic E-state index is 0.0429. The van der Waals surface area contributed by atoms with Crippen LogP contribution in [0.3, 0.4) is 0 Å². The summed E-state index contributed by atoms with van der Waals surface area (Å²) in [5.74, 6) is 2.39. The van der Waals surface area contributed by atoms with Gasteiger partial charge < -0.3 is 10.6 Å². The second kappa shape index (κ2) is 7.72. The highest BCUT2D eigenvalue weighted by Gasteiger charge is 2.25. The second-order valence-electron chi connectivity index (χ2n) is 7.32. The number of rotatable bonds is 7. The molecule has 0 unspecified atom stereocenters. The molecule has 0 aliphatic heterocycles. The van der Waals surface area contributed by atoms with Gasteiger partial charge in [0.15, 0.2) is 0 Å². The molecule has 2 N–H and O–H groups in total. The lowest BCUT2D eigenvalue weighted by Gasteiger charge is -2.10. The van der Waals surface area contributed by atoms with Crippen LogP contribution in [0.1, 0.15) is 35.5 Å². The Morgan fingerprint density at radius 3 is 2.86 bits per heavy atom. The summed E-state index contributed by atoms with van der Waals surface area (Å²) >= 11 is 3.53. The monoisotopic (exact) mass is 410 g/mol. The topological polar surface area (TPSA) is 66.9 Å². The van der Waals surface area contributed by atoms with Crippen molar-refractivity contribution in [2.75, 3.05) is 11.9 Å². The van der Waals surface area contributed by atoms with Gasteiger partial charge in [0.1, 0.15) is 16.5 Å². The normalized spacial score (nSPS) is 15.6. The van der Waals surface area contributed by atoms with Gasteiger partial charge in [0.2, 0.25) is 5.91 Å². The number of hydrogen-bond donors (Lipinski definition) is 2. The van der Waals surface area contributed by atoms with Crippen LogP contribution in [0.4, 0.5) is 5.82 Å². The predicted octanol–water partition coefficient (Wildman–Crippen LogP) is 4.16. The standard InChI is InChI=1S/C21H22N4OS2/c26-18(23-13-9-10-13)11-22-20-19-15-7-4-8-16(15)28-21(19)25-17(24-20)12-27-14-5-2-1-3-6-14/h1-3,5-6,13H,4,7-12H2,(H,23,26)(H,22,24,25). The van der Waals surface area contributed by atoms with Crippen LogP contribution in [0, 0.1) is 0 Å². The molecule has 5 nitrogen and oxygen atoms in total. The number of fused-ring (bicyclic) bond motifs is 3. The van der Waals surface area contributed by atoms with Gasteiger partial charge in [0.25, 0.3) is 0 Å². The van der Waals surface area contributed by atoms with Crippen LogP contribution in [0.2, 0.25) is 0 Å². The molecule has 0 spiro atoms. The molecular weight excluding hydrogens is 388 g/mol. The Hall–Kier alpha value is -2.12. The molecule has 3 aromatic rings. The maximum atomic E-state index is 12.2. The molecular formula is C21H22N4OS2. The van der Waals surface area contributed by atoms with Crippen molar-refractivity contribution in [1.82, 2.24) is 15.3 Å². The number of hydrogen-bond acceptors (Lipinski definition) is 6. The van der Waals surface area contributed by atoms with Crippen LogP contribution < -0.4 is 10.6 Å². The van der Waals surface area contributed by atoms with Gasteiger partial charge in [-0.15, -0.1) is 23.1 Å². The van der Waals surface area contributed by atoms with Crippen molar-refractivity contribution in [3.05, 3.63) is 46.6 Å². The fraction of sp³-hybridized carbons (Fsp3) is 0.381. The highest BCUT2D eigenvalue weighted by atomic mass is 32.2. The van der Waals surface area contributed by atoms with Gasteiger partial charge in [-0.1, -0.05) is 18.2 Å². The van der Waals surface area contributed by atoms with Crippen LogP contribution in [0.25, 0.3) is 10.2 Å². The Morgan fingerprint density at radius 2 is 2.04 bits per heavy atom.